The van der Waals surface area contributed by atoms with Crippen molar-refractivity contribution in [2.75, 3.05) is 0 Å². The normalized spacial score (nSPS) is 12.0. The van der Waals surface area contributed by atoms with Crippen LogP contribution in [0.5, 0.6) is 5.75 Å². The predicted octanol–water partition coefficient (Wildman–Crippen LogP) is 4.54. The van der Waals surface area contributed by atoms with E-state index in [0.29, 0.717) is 6.54 Å². The maximum Gasteiger partial charge on any atom is 0.261 e. The van der Waals surface area contributed by atoms with Gasteiger partial charge in [-0.3, -0.25) is 4.79 Å². The van der Waals surface area contributed by atoms with Crippen molar-refractivity contribution >= 4 is 16.7 Å². The Labute approximate surface area is 148 Å². The molecular weight excluding hydrogens is 310 g/mol. The maximum atomic E-state index is 12.4. The fraction of sp³-hybridized carbons (Fsp3) is 0.227. The number of benzene rings is 3. The van der Waals surface area contributed by atoms with E-state index >= 15 is 0 Å². The van der Waals surface area contributed by atoms with Crippen molar-refractivity contribution in [1.82, 2.24) is 5.32 Å². The Bertz CT molecular complexity index is 896. The van der Waals surface area contributed by atoms with Gasteiger partial charge in [-0.15, -0.1) is 0 Å². The van der Waals surface area contributed by atoms with Crippen LogP contribution >= 0.6 is 0 Å². The Morgan fingerprint density at radius 2 is 1.80 bits per heavy atom. The molecule has 1 amide bonds. The molecule has 0 aliphatic carbocycles. The summed E-state index contributed by atoms with van der Waals surface area (Å²) in [4.78, 5) is 12.4. The van der Waals surface area contributed by atoms with Crippen LogP contribution in [0, 0.1) is 13.8 Å². The quantitative estimate of drug-likeness (QED) is 0.744. The summed E-state index contributed by atoms with van der Waals surface area (Å²) in [7, 11) is 0. The summed E-state index contributed by atoms with van der Waals surface area (Å²) < 4.78 is 5.83. The summed E-state index contributed by atoms with van der Waals surface area (Å²) in [5.41, 5.74) is 3.32. The van der Waals surface area contributed by atoms with Crippen molar-refractivity contribution in [3.63, 3.8) is 0 Å². The average Bonchev–Trinajstić information content (AvgIpc) is 2.61. The third-order valence-corrected chi connectivity index (χ3v) is 4.34. The summed E-state index contributed by atoms with van der Waals surface area (Å²) in [5, 5.41) is 5.31. The van der Waals surface area contributed by atoms with Gasteiger partial charge < -0.3 is 10.1 Å². The third kappa shape index (κ3) is 4.00. The van der Waals surface area contributed by atoms with Crippen molar-refractivity contribution in [2.24, 2.45) is 0 Å². The lowest BCUT2D eigenvalue weighted by molar-refractivity contribution is -0.127. The van der Waals surface area contributed by atoms with Crippen molar-refractivity contribution in [2.45, 2.75) is 33.4 Å². The summed E-state index contributed by atoms with van der Waals surface area (Å²) in [6.07, 6.45) is -0.545. The number of nitrogens with one attached hydrogen (secondary N) is 1. The molecule has 0 aliphatic heterocycles. The zero-order chi connectivity index (χ0) is 17.8. The van der Waals surface area contributed by atoms with Crippen LogP contribution in [0.2, 0.25) is 0 Å². The Hall–Kier alpha value is -2.81. The zero-order valence-corrected chi connectivity index (χ0v) is 14.9. The fourth-order valence-electron chi connectivity index (χ4n) is 2.95. The lowest BCUT2D eigenvalue weighted by Crippen LogP contribution is -2.36. The Morgan fingerprint density at radius 3 is 2.60 bits per heavy atom. The van der Waals surface area contributed by atoms with Gasteiger partial charge in [0.15, 0.2) is 6.10 Å². The van der Waals surface area contributed by atoms with E-state index in [1.54, 1.807) is 6.92 Å². The first-order valence-electron chi connectivity index (χ1n) is 8.53. The molecule has 1 atom stereocenters. The molecule has 0 bridgehead atoms. The lowest BCUT2D eigenvalue weighted by atomic mass is 10.0. The van der Waals surface area contributed by atoms with Gasteiger partial charge in [0, 0.05) is 6.54 Å². The molecule has 3 rings (SSSR count). The van der Waals surface area contributed by atoms with Crippen LogP contribution in [0.25, 0.3) is 10.8 Å². The molecule has 128 valence electrons. The van der Waals surface area contributed by atoms with E-state index in [2.05, 4.69) is 29.6 Å². The molecule has 0 fully saturated rings. The first-order chi connectivity index (χ1) is 12.0. The largest absolute Gasteiger partial charge is 0.481 e. The van der Waals surface area contributed by atoms with Crippen molar-refractivity contribution in [3.8, 4) is 5.75 Å². The van der Waals surface area contributed by atoms with Gasteiger partial charge in [0.25, 0.3) is 5.91 Å². The summed E-state index contributed by atoms with van der Waals surface area (Å²) in [6.45, 7) is 6.29. The van der Waals surface area contributed by atoms with Crippen molar-refractivity contribution < 1.29 is 9.53 Å². The molecule has 0 heterocycles. The molecule has 0 aliphatic rings. The van der Waals surface area contributed by atoms with E-state index in [1.165, 1.54) is 10.9 Å². The maximum absolute atomic E-state index is 12.4. The number of aryl methyl sites for hydroxylation is 2. The lowest BCUT2D eigenvalue weighted by Gasteiger charge is -2.17. The third-order valence-electron chi connectivity index (χ3n) is 4.34. The van der Waals surface area contributed by atoms with Crippen molar-refractivity contribution in [3.05, 3.63) is 77.4 Å². The second kappa shape index (κ2) is 7.39. The Morgan fingerprint density at radius 1 is 1.04 bits per heavy atom. The molecule has 0 spiro atoms. The predicted molar refractivity (Wildman–Crippen MR) is 102 cm³/mol. The SMILES string of the molecule is Cc1ccc(O[C@H](C)C(=O)NCc2cccc3ccccc23)c(C)c1. The summed E-state index contributed by atoms with van der Waals surface area (Å²) in [5.74, 6) is 0.631. The van der Waals surface area contributed by atoms with Gasteiger partial charge in [-0.1, -0.05) is 60.2 Å². The first kappa shape index (κ1) is 17.0. The minimum atomic E-state index is -0.545. The molecule has 3 aromatic rings. The Kier molecular flexibility index (Phi) is 5.03. The molecule has 3 aromatic carbocycles. The van der Waals surface area contributed by atoms with Gasteiger partial charge in [-0.25, -0.2) is 0 Å². The van der Waals surface area contributed by atoms with Crippen LogP contribution in [-0.4, -0.2) is 12.0 Å². The summed E-state index contributed by atoms with van der Waals surface area (Å²) in [6, 6.07) is 20.3. The highest BCUT2D eigenvalue weighted by atomic mass is 16.5. The monoisotopic (exact) mass is 333 g/mol. The fourth-order valence-corrected chi connectivity index (χ4v) is 2.95. The highest BCUT2D eigenvalue weighted by molar-refractivity contribution is 5.86. The van der Waals surface area contributed by atoms with Crippen molar-refractivity contribution in [1.29, 1.82) is 0 Å². The number of rotatable bonds is 5. The first-order valence-corrected chi connectivity index (χ1v) is 8.53. The molecule has 25 heavy (non-hydrogen) atoms. The number of hydrogen-bond donors (Lipinski definition) is 1. The zero-order valence-electron chi connectivity index (χ0n) is 14.9. The summed E-state index contributed by atoms with van der Waals surface area (Å²) >= 11 is 0. The number of carbonyl (C=O) groups is 1. The molecular formula is C22H23NO2. The van der Waals surface area contributed by atoms with Crippen LogP contribution in [-0.2, 0) is 11.3 Å². The standard InChI is InChI=1S/C22H23NO2/c1-15-11-12-21(16(2)13-15)25-17(3)22(24)23-14-19-9-6-8-18-7-4-5-10-20(18)19/h4-13,17H,14H2,1-3H3,(H,23,24)/t17-/m1/s1. The number of amides is 1. The van der Waals surface area contributed by atoms with E-state index in [4.69, 9.17) is 4.74 Å². The molecule has 0 saturated carbocycles. The van der Waals surface area contributed by atoms with E-state index < -0.39 is 6.10 Å². The van der Waals surface area contributed by atoms with Gasteiger partial charge >= 0.3 is 0 Å². The molecule has 1 N–H and O–H groups in total. The number of hydrogen-bond acceptors (Lipinski definition) is 2. The number of carbonyl (C=O) groups excluding carboxylic acids is 1. The van der Waals surface area contributed by atoms with Crippen LogP contribution in [0.15, 0.2) is 60.7 Å². The van der Waals surface area contributed by atoms with E-state index in [0.717, 1.165) is 22.3 Å². The second-order valence-electron chi connectivity index (χ2n) is 6.39. The molecule has 0 radical (unpaired) electrons. The minimum Gasteiger partial charge on any atom is -0.481 e. The van der Waals surface area contributed by atoms with Crippen LogP contribution in [0.4, 0.5) is 0 Å². The highest BCUT2D eigenvalue weighted by Crippen LogP contribution is 2.21. The van der Waals surface area contributed by atoms with Gasteiger partial charge in [0.2, 0.25) is 0 Å². The van der Waals surface area contributed by atoms with Gasteiger partial charge in [0.1, 0.15) is 5.75 Å². The number of ether oxygens (including phenoxy) is 1. The second-order valence-corrected chi connectivity index (χ2v) is 6.39. The molecule has 0 saturated heterocycles. The Balaban J connectivity index is 1.65. The molecule has 3 heteroatoms. The number of fused-ring (bicyclic) bond motifs is 1. The van der Waals surface area contributed by atoms with E-state index in [-0.39, 0.29) is 5.91 Å². The highest BCUT2D eigenvalue weighted by Gasteiger charge is 2.15. The van der Waals surface area contributed by atoms with Gasteiger partial charge in [0.05, 0.1) is 0 Å². The molecule has 0 aromatic heterocycles. The van der Waals surface area contributed by atoms with Crippen LogP contribution in [0.3, 0.4) is 0 Å². The topological polar surface area (TPSA) is 38.3 Å². The van der Waals surface area contributed by atoms with Gasteiger partial charge in [-0.05, 0) is 48.7 Å². The molecule has 0 unspecified atom stereocenters. The van der Waals surface area contributed by atoms with E-state index in [1.807, 2.05) is 50.2 Å². The smallest absolute Gasteiger partial charge is 0.261 e. The van der Waals surface area contributed by atoms with E-state index in [9.17, 15) is 4.79 Å². The molecule has 3 nitrogen and oxygen atoms in total. The van der Waals surface area contributed by atoms with Crippen LogP contribution in [0.1, 0.15) is 23.6 Å². The average molecular weight is 333 g/mol. The van der Waals surface area contributed by atoms with Gasteiger partial charge in [-0.2, -0.15) is 0 Å². The van der Waals surface area contributed by atoms with Crippen LogP contribution < -0.4 is 10.1 Å². The minimum absolute atomic E-state index is 0.118.